The van der Waals surface area contributed by atoms with Crippen molar-refractivity contribution in [2.45, 2.75) is 6.04 Å². The number of nitrogens with two attached hydrogens (primary N) is 1. The Morgan fingerprint density at radius 2 is 1.80 bits per heavy atom. The van der Waals surface area contributed by atoms with Crippen LogP contribution in [0.25, 0.3) is 0 Å². The Kier molecular flexibility index (Phi) is 4.62. The van der Waals surface area contributed by atoms with Crippen LogP contribution in [0.5, 0.6) is 5.75 Å². The summed E-state index contributed by atoms with van der Waals surface area (Å²) >= 11 is 9.13. The van der Waals surface area contributed by atoms with E-state index >= 15 is 0 Å². The molecular formula is C14H11BrClF2NO. The number of hydrogen-bond donors (Lipinski definition) is 1. The first-order valence-electron chi connectivity index (χ1n) is 5.67. The van der Waals surface area contributed by atoms with Crippen LogP contribution in [0.2, 0.25) is 5.02 Å². The van der Waals surface area contributed by atoms with Crippen LogP contribution in [0.3, 0.4) is 0 Å². The van der Waals surface area contributed by atoms with E-state index in [0.717, 1.165) is 12.1 Å². The van der Waals surface area contributed by atoms with Gasteiger partial charge in [0.2, 0.25) is 0 Å². The van der Waals surface area contributed by atoms with Crippen LogP contribution in [-0.4, -0.2) is 7.11 Å². The highest BCUT2D eigenvalue weighted by Crippen LogP contribution is 2.31. The van der Waals surface area contributed by atoms with Crippen molar-refractivity contribution in [1.82, 2.24) is 0 Å². The third-order valence-electron chi connectivity index (χ3n) is 2.90. The summed E-state index contributed by atoms with van der Waals surface area (Å²) in [6, 6.07) is 6.14. The first-order valence-corrected chi connectivity index (χ1v) is 6.84. The number of ether oxygens (including phenoxy) is 1. The highest BCUT2D eigenvalue weighted by Gasteiger charge is 2.20. The van der Waals surface area contributed by atoms with E-state index in [4.69, 9.17) is 22.1 Å². The minimum Gasteiger partial charge on any atom is -0.497 e. The Morgan fingerprint density at radius 1 is 1.20 bits per heavy atom. The molecule has 2 aromatic rings. The standard InChI is InChI=1S/C14H11BrClF2NO/c1-20-8-5-11(17)13(12(18)6-8)14(19)7-2-3-10(16)9(15)4-7/h2-6,14H,19H2,1H3. The van der Waals surface area contributed by atoms with Crippen molar-refractivity contribution < 1.29 is 13.5 Å². The monoisotopic (exact) mass is 361 g/mol. The molecule has 20 heavy (non-hydrogen) atoms. The van der Waals surface area contributed by atoms with Gasteiger partial charge in [-0.2, -0.15) is 0 Å². The van der Waals surface area contributed by atoms with Gasteiger partial charge in [0.15, 0.2) is 0 Å². The van der Waals surface area contributed by atoms with Crippen molar-refractivity contribution in [3.63, 3.8) is 0 Å². The van der Waals surface area contributed by atoms with Crippen molar-refractivity contribution in [2.24, 2.45) is 5.73 Å². The topological polar surface area (TPSA) is 35.2 Å². The number of benzene rings is 2. The average molecular weight is 363 g/mol. The van der Waals surface area contributed by atoms with Crippen LogP contribution in [0.1, 0.15) is 17.2 Å². The maximum Gasteiger partial charge on any atom is 0.134 e. The van der Waals surface area contributed by atoms with Crippen LogP contribution >= 0.6 is 27.5 Å². The van der Waals surface area contributed by atoms with E-state index in [2.05, 4.69) is 15.9 Å². The third-order valence-corrected chi connectivity index (χ3v) is 4.12. The molecule has 2 nitrogen and oxygen atoms in total. The molecule has 0 aliphatic carbocycles. The highest BCUT2D eigenvalue weighted by molar-refractivity contribution is 9.10. The van der Waals surface area contributed by atoms with Gasteiger partial charge in [-0.25, -0.2) is 8.78 Å². The second kappa shape index (κ2) is 6.08. The molecule has 0 spiro atoms. The summed E-state index contributed by atoms with van der Waals surface area (Å²) in [5, 5.41) is 0.497. The third kappa shape index (κ3) is 2.95. The molecule has 0 bridgehead atoms. The van der Waals surface area contributed by atoms with Crippen molar-refractivity contribution in [3.05, 3.63) is 62.6 Å². The predicted octanol–water partition coefficient (Wildman–Crippen LogP) is 4.44. The molecule has 2 aromatic carbocycles. The summed E-state index contributed by atoms with van der Waals surface area (Å²) in [6.45, 7) is 0. The lowest BCUT2D eigenvalue weighted by atomic mass is 9.98. The van der Waals surface area contributed by atoms with Crippen LogP contribution in [0.15, 0.2) is 34.8 Å². The van der Waals surface area contributed by atoms with E-state index in [1.165, 1.54) is 7.11 Å². The van der Waals surface area contributed by atoms with Crippen molar-refractivity contribution in [1.29, 1.82) is 0 Å². The normalized spacial score (nSPS) is 12.3. The molecule has 0 fully saturated rings. The molecule has 0 aliphatic rings. The van der Waals surface area contributed by atoms with Gasteiger partial charge in [0, 0.05) is 22.2 Å². The number of hydrogen-bond acceptors (Lipinski definition) is 2. The van der Waals surface area contributed by atoms with Crippen LogP contribution in [0.4, 0.5) is 8.78 Å². The Bertz CT molecular complexity index is 628. The lowest BCUT2D eigenvalue weighted by molar-refractivity contribution is 0.404. The second-order valence-corrected chi connectivity index (χ2v) is 5.42. The summed E-state index contributed by atoms with van der Waals surface area (Å²) in [6.07, 6.45) is 0. The molecule has 0 heterocycles. The van der Waals surface area contributed by atoms with E-state index < -0.39 is 17.7 Å². The van der Waals surface area contributed by atoms with E-state index in [0.29, 0.717) is 15.1 Å². The van der Waals surface area contributed by atoms with Gasteiger partial charge < -0.3 is 10.5 Å². The molecule has 0 aliphatic heterocycles. The van der Waals surface area contributed by atoms with E-state index in [9.17, 15) is 8.78 Å². The van der Waals surface area contributed by atoms with E-state index in [1.807, 2.05) is 0 Å². The molecular weight excluding hydrogens is 352 g/mol. The van der Waals surface area contributed by atoms with Gasteiger partial charge in [-0.1, -0.05) is 17.7 Å². The summed E-state index contributed by atoms with van der Waals surface area (Å²) in [7, 11) is 1.34. The minimum absolute atomic E-state index is 0.105. The number of halogens is 4. The fourth-order valence-corrected chi connectivity index (χ4v) is 2.36. The highest BCUT2D eigenvalue weighted by atomic mass is 79.9. The molecule has 0 saturated carbocycles. The first-order chi connectivity index (χ1) is 9.43. The van der Waals surface area contributed by atoms with Crippen LogP contribution in [-0.2, 0) is 0 Å². The quantitative estimate of drug-likeness (QED) is 0.876. The van der Waals surface area contributed by atoms with Gasteiger partial charge >= 0.3 is 0 Å². The first kappa shape index (κ1) is 15.2. The predicted molar refractivity (Wildman–Crippen MR) is 78.1 cm³/mol. The zero-order valence-corrected chi connectivity index (χ0v) is 12.8. The average Bonchev–Trinajstić information content (AvgIpc) is 2.40. The summed E-state index contributed by atoms with van der Waals surface area (Å²) in [5.74, 6) is -1.39. The lowest BCUT2D eigenvalue weighted by Crippen LogP contribution is -2.16. The van der Waals surface area contributed by atoms with E-state index in [1.54, 1.807) is 18.2 Å². The van der Waals surface area contributed by atoms with Gasteiger partial charge in [-0.15, -0.1) is 0 Å². The van der Waals surface area contributed by atoms with Gasteiger partial charge in [0.25, 0.3) is 0 Å². The Morgan fingerprint density at radius 3 is 2.30 bits per heavy atom. The number of rotatable bonds is 3. The molecule has 0 radical (unpaired) electrons. The molecule has 2 rings (SSSR count). The zero-order valence-electron chi connectivity index (χ0n) is 10.5. The van der Waals surface area contributed by atoms with Gasteiger partial charge in [-0.05, 0) is 33.6 Å². The lowest BCUT2D eigenvalue weighted by Gasteiger charge is -2.16. The SMILES string of the molecule is COc1cc(F)c(C(N)c2ccc(Cl)c(Br)c2)c(F)c1. The molecule has 6 heteroatoms. The van der Waals surface area contributed by atoms with Crippen molar-refractivity contribution in [2.75, 3.05) is 7.11 Å². The minimum atomic E-state index is -0.936. The molecule has 2 N–H and O–H groups in total. The molecule has 0 amide bonds. The Hall–Kier alpha value is -1.17. The van der Waals surface area contributed by atoms with Crippen LogP contribution in [0, 0.1) is 11.6 Å². The maximum absolute atomic E-state index is 14.0. The van der Waals surface area contributed by atoms with Crippen LogP contribution < -0.4 is 10.5 Å². The van der Waals surface area contributed by atoms with Gasteiger partial charge in [0.1, 0.15) is 17.4 Å². The zero-order chi connectivity index (χ0) is 14.9. The summed E-state index contributed by atoms with van der Waals surface area (Å²) in [5.41, 5.74) is 6.28. The Labute approximate surface area is 128 Å². The fourth-order valence-electron chi connectivity index (χ4n) is 1.85. The van der Waals surface area contributed by atoms with Gasteiger partial charge in [0.05, 0.1) is 18.2 Å². The molecule has 0 aromatic heterocycles. The van der Waals surface area contributed by atoms with E-state index in [-0.39, 0.29) is 11.3 Å². The maximum atomic E-state index is 14.0. The number of methoxy groups -OCH3 is 1. The van der Waals surface area contributed by atoms with Crippen molar-refractivity contribution in [3.8, 4) is 5.75 Å². The van der Waals surface area contributed by atoms with Crippen molar-refractivity contribution >= 4 is 27.5 Å². The largest absolute Gasteiger partial charge is 0.497 e. The summed E-state index contributed by atoms with van der Waals surface area (Å²) in [4.78, 5) is 0. The smallest absolute Gasteiger partial charge is 0.134 e. The molecule has 1 unspecified atom stereocenters. The molecule has 1 atom stereocenters. The van der Waals surface area contributed by atoms with Gasteiger partial charge in [-0.3, -0.25) is 0 Å². The fraction of sp³-hybridized carbons (Fsp3) is 0.143. The second-order valence-electron chi connectivity index (χ2n) is 4.16. The summed E-state index contributed by atoms with van der Waals surface area (Å²) < 4.78 is 33.4. The Balaban J connectivity index is 2.47. The molecule has 106 valence electrons. The molecule has 0 saturated heterocycles.